The molecule has 132 valence electrons. The molecule has 26 heavy (non-hydrogen) atoms. The van der Waals surface area contributed by atoms with E-state index in [0.717, 1.165) is 11.3 Å². The number of hydrogen-bond acceptors (Lipinski definition) is 4. The highest BCUT2D eigenvalue weighted by atomic mass is 35.5. The van der Waals surface area contributed by atoms with Crippen molar-refractivity contribution < 1.29 is 9.53 Å². The lowest BCUT2D eigenvalue weighted by atomic mass is 10.2. The van der Waals surface area contributed by atoms with Gasteiger partial charge in [-0.25, -0.2) is 0 Å². The number of ether oxygens (including phenoxy) is 1. The summed E-state index contributed by atoms with van der Waals surface area (Å²) in [4.78, 5) is 16.6. The molecule has 0 saturated carbocycles. The summed E-state index contributed by atoms with van der Waals surface area (Å²) in [5, 5.41) is 6.77. The average Bonchev–Trinajstić information content (AvgIpc) is 2.64. The molecule has 2 aromatic carbocycles. The van der Waals surface area contributed by atoms with Crippen LogP contribution in [0.15, 0.2) is 60.9 Å². The van der Waals surface area contributed by atoms with Crippen molar-refractivity contribution in [3.05, 3.63) is 77.1 Å². The molecule has 0 aliphatic heterocycles. The lowest BCUT2D eigenvalue weighted by molar-refractivity contribution is 0.102. The van der Waals surface area contributed by atoms with Gasteiger partial charge in [0, 0.05) is 28.7 Å². The topological polar surface area (TPSA) is 63.2 Å². The van der Waals surface area contributed by atoms with Gasteiger partial charge in [-0.2, -0.15) is 0 Å². The summed E-state index contributed by atoms with van der Waals surface area (Å²) in [6.07, 6.45) is 3.19. The molecular weight excluding hydrogens is 350 g/mol. The van der Waals surface area contributed by atoms with Crippen molar-refractivity contribution in [3.63, 3.8) is 0 Å². The monoisotopic (exact) mass is 367 g/mol. The van der Waals surface area contributed by atoms with Crippen LogP contribution in [0.2, 0.25) is 5.02 Å². The summed E-state index contributed by atoms with van der Waals surface area (Å²) in [5.41, 5.74) is 3.73. The van der Waals surface area contributed by atoms with E-state index >= 15 is 0 Å². The smallest absolute Gasteiger partial charge is 0.257 e. The SMILES string of the molecule is COc1cccc(NC(=O)c2cncc(Nc3ccc(Cl)cc3C)c2)c1. The van der Waals surface area contributed by atoms with E-state index in [-0.39, 0.29) is 5.91 Å². The first-order valence-corrected chi connectivity index (χ1v) is 8.36. The Morgan fingerprint density at radius 2 is 1.92 bits per heavy atom. The molecule has 6 heteroatoms. The largest absolute Gasteiger partial charge is 0.497 e. The fourth-order valence-electron chi connectivity index (χ4n) is 2.46. The van der Waals surface area contributed by atoms with Crippen molar-refractivity contribution in [2.45, 2.75) is 6.92 Å². The summed E-state index contributed by atoms with van der Waals surface area (Å²) in [6.45, 7) is 1.96. The Morgan fingerprint density at radius 1 is 1.08 bits per heavy atom. The Bertz CT molecular complexity index is 944. The average molecular weight is 368 g/mol. The predicted octanol–water partition coefficient (Wildman–Crippen LogP) is 5.05. The van der Waals surface area contributed by atoms with Gasteiger partial charge in [-0.15, -0.1) is 0 Å². The van der Waals surface area contributed by atoms with Crippen LogP contribution in [0.3, 0.4) is 0 Å². The van der Waals surface area contributed by atoms with E-state index in [1.807, 2.05) is 37.3 Å². The number of rotatable bonds is 5. The molecule has 1 aromatic heterocycles. The minimum absolute atomic E-state index is 0.248. The van der Waals surface area contributed by atoms with E-state index in [1.54, 1.807) is 31.5 Å². The van der Waals surface area contributed by atoms with Gasteiger partial charge < -0.3 is 15.4 Å². The van der Waals surface area contributed by atoms with Crippen molar-refractivity contribution in [1.82, 2.24) is 4.98 Å². The van der Waals surface area contributed by atoms with Gasteiger partial charge in [0.05, 0.1) is 24.6 Å². The van der Waals surface area contributed by atoms with Gasteiger partial charge in [0.15, 0.2) is 0 Å². The third-order valence-corrected chi connectivity index (χ3v) is 4.03. The van der Waals surface area contributed by atoms with Gasteiger partial charge in [-0.1, -0.05) is 17.7 Å². The van der Waals surface area contributed by atoms with Gasteiger partial charge in [-0.3, -0.25) is 9.78 Å². The zero-order chi connectivity index (χ0) is 18.5. The second kappa shape index (κ2) is 7.89. The molecule has 0 aliphatic carbocycles. The Morgan fingerprint density at radius 3 is 2.69 bits per heavy atom. The van der Waals surface area contributed by atoms with Crippen LogP contribution in [-0.2, 0) is 0 Å². The zero-order valence-electron chi connectivity index (χ0n) is 14.4. The maximum atomic E-state index is 12.5. The number of benzene rings is 2. The summed E-state index contributed by atoms with van der Waals surface area (Å²) in [5.74, 6) is 0.428. The molecular formula is C20H18ClN3O2. The first-order valence-electron chi connectivity index (χ1n) is 7.99. The van der Waals surface area contributed by atoms with Crippen molar-refractivity contribution >= 4 is 34.6 Å². The van der Waals surface area contributed by atoms with Gasteiger partial charge in [0.2, 0.25) is 0 Å². The summed E-state index contributed by atoms with van der Waals surface area (Å²) >= 11 is 5.98. The van der Waals surface area contributed by atoms with Gasteiger partial charge >= 0.3 is 0 Å². The van der Waals surface area contributed by atoms with Crippen LogP contribution in [-0.4, -0.2) is 18.0 Å². The van der Waals surface area contributed by atoms with E-state index < -0.39 is 0 Å². The van der Waals surface area contributed by atoms with E-state index in [0.29, 0.717) is 27.7 Å². The molecule has 0 bridgehead atoms. The number of halogens is 1. The second-order valence-corrected chi connectivity index (χ2v) is 6.17. The number of amides is 1. The minimum atomic E-state index is -0.248. The third kappa shape index (κ3) is 4.32. The number of aromatic nitrogens is 1. The first kappa shape index (κ1) is 17.8. The Hall–Kier alpha value is -3.05. The summed E-state index contributed by atoms with van der Waals surface area (Å²) in [6, 6.07) is 14.5. The number of methoxy groups -OCH3 is 1. The molecule has 0 atom stereocenters. The molecule has 1 heterocycles. The number of carbonyl (C=O) groups is 1. The third-order valence-electron chi connectivity index (χ3n) is 3.80. The maximum absolute atomic E-state index is 12.5. The Balaban J connectivity index is 1.76. The van der Waals surface area contributed by atoms with Crippen LogP contribution < -0.4 is 15.4 Å². The highest BCUT2D eigenvalue weighted by Gasteiger charge is 2.09. The fourth-order valence-corrected chi connectivity index (χ4v) is 2.69. The van der Waals surface area contributed by atoms with Gasteiger partial charge in [0.1, 0.15) is 5.75 Å². The Kier molecular flexibility index (Phi) is 5.39. The number of hydrogen-bond donors (Lipinski definition) is 2. The first-order chi connectivity index (χ1) is 12.5. The van der Waals surface area contributed by atoms with E-state index in [2.05, 4.69) is 15.6 Å². The number of nitrogens with zero attached hydrogens (tertiary/aromatic N) is 1. The number of aryl methyl sites for hydroxylation is 1. The molecule has 0 aliphatic rings. The molecule has 0 saturated heterocycles. The van der Waals surface area contributed by atoms with Gasteiger partial charge in [0.25, 0.3) is 5.91 Å². The second-order valence-electron chi connectivity index (χ2n) is 5.73. The highest BCUT2D eigenvalue weighted by Crippen LogP contribution is 2.24. The number of nitrogens with one attached hydrogen (secondary N) is 2. The fraction of sp³-hybridized carbons (Fsp3) is 0.100. The van der Waals surface area contributed by atoms with E-state index in [1.165, 1.54) is 6.20 Å². The van der Waals surface area contributed by atoms with E-state index in [4.69, 9.17) is 16.3 Å². The molecule has 0 radical (unpaired) electrons. The minimum Gasteiger partial charge on any atom is -0.497 e. The molecule has 3 aromatic rings. The number of pyridine rings is 1. The highest BCUT2D eigenvalue weighted by molar-refractivity contribution is 6.30. The lowest BCUT2D eigenvalue weighted by Gasteiger charge is -2.11. The van der Waals surface area contributed by atoms with Gasteiger partial charge in [-0.05, 0) is 48.9 Å². The standard InChI is InChI=1S/C20H18ClN3O2/c1-13-8-15(21)6-7-19(13)23-17-9-14(11-22-12-17)20(25)24-16-4-3-5-18(10-16)26-2/h3-12,23H,1-2H3,(H,24,25). The van der Waals surface area contributed by atoms with Crippen LogP contribution in [0.1, 0.15) is 15.9 Å². The zero-order valence-corrected chi connectivity index (χ0v) is 15.2. The lowest BCUT2D eigenvalue weighted by Crippen LogP contribution is -2.12. The predicted molar refractivity (Wildman–Crippen MR) is 105 cm³/mol. The Labute approximate surface area is 157 Å². The molecule has 3 rings (SSSR count). The van der Waals surface area contributed by atoms with Crippen LogP contribution >= 0.6 is 11.6 Å². The van der Waals surface area contributed by atoms with Crippen LogP contribution in [0.4, 0.5) is 17.1 Å². The van der Waals surface area contributed by atoms with Crippen molar-refractivity contribution in [2.24, 2.45) is 0 Å². The molecule has 0 unspecified atom stereocenters. The quantitative estimate of drug-likeness (QED) is 0.662. The number of carbonyl (C=O) groups excluding carboxylic acids is 1. The molecule has 2 N–H and O–H groups in total. The van der Waals surface area contributed by atoms with Crippen LogP contribution in [0.5, 0.6) is 5.75 Å². The van der Waals surface area contributed by atoms with E-state index in [9.17, 15) is 4.79 Å². The normalized spacial score (nSPS) is 10.3. The van der Waals surface area contributed by atoms with Crippen molar-refractivity contribution in [2.75, 3.05) is 17.7 Å². The molecule has 0 fully saturated rings. The molecule has 5 nitrogen and oxygen atoms in total. The summed E-state index contributed by atoms with van der Waals surface area (Å²) < 4.78 is 5.16. The summed E-state index contributed by atoms with van der Waals surface area (Å²) in [7, 11) is 1.58. The van der Waals surface area contributed by atoms with Crippen molar-refractivity contribution in [3.8, 4) is 5.75 Å². The molecule has 0 spiro atoms. The molecule has 1 amide bonds. The van der Waals surface area contributed by atoms with Crippen LogP contribution in [0.25, 0.3) is 0 Å². The van der Waals surface area contributed by atoms with Crippen molar-refractivity contribution in [1.29, 1.82) is 0 Å². The van der Waals surface area contributed by atoms with Crippen LogP contribution in [0, 0.1) is 6.92 Å². The number of anilines is 3. The maximum Gasteiger partial charge on any atom is 0.257 e.